The lowest BCUT2D eigenvalue weighted by Crippen LogP contribution is -2.10. The van der Waals surface area contributed by atoms with Crippen LogP contribution in [-0.4, -0.2) is 9.78 Å². The van der Waals surface area contributed by atoms with E-state index in [1.807, 2.05) is 0 Å². The van der Waals surface area contributed by atoms with Crippen molar-refractivity contribution in [3.8, 4) is 0 Å². The highest BCUT2D eigenvalue weighted by molar-refractivity contribution is 5.35. The van der Waals surface area contributed by atoms with Crippen molar-refractivity contribution in [1.29, 1.82) is 0 Å². The van der Waals surface area contributed by atoms with Crippen LogP contribution in [0.15, 0.2) is 30.5 Å². The number of hydrogen-bond donors (Lipinski definition) is 1. The third-order valence-electron chi connectivity index (χ3n) is 2.52. The third-order valence-corrected chi connectivity index (χ3v) is 2.52. The van der Waals surface area contributed by atoms with E-state index in [2.05, 4.69) is 10.4 Å². The molecule has 0 aliphatic heterocycles. The maximum absolute atomic E-state index is 13.1. The van der Waals surface area contributed by atoms with Crippen LogP contribution >= 0.6 is 0 Å². The Bertz CT molecular complexity index is 575. The van der Waals surface area contributed by atoms with E-state index >= 15 is 0 Å². The molecule has 1 heterocycles. The van der Waals surface area contributed by atoms with Gasteiger partial charge in [0.25, 0.3) is 0 Å². The van der Waals surface area contributed by atoms with E-state index < -0.39 is 17.6 Å². The second-order valence-electron chi connectivity index (χ2n) is 4.04. The summed E-state index contributed by atoms with van der Waals surface area (Å²) >= 11 is 0. The quantitative estimate of drug-likeness (QED) is 0.870. The van der Waals surface area contributed by atoms with Gasteiger partial charge >= 0.3 is 6.18 Å². The Morgan fingerprint density at radius 2 is 2.00 bits per heavy atom. The zero-order chi connectivity index (χ0) is 14.0. The number of halogens is 4. The van der Waals surface area contributed by atoms with Gasteiger partial charge in [-0.15, -0.1) is 0 Å². The van der Waals surface area contributed by atoms with Gasteiger partial charge in [-0.2, -0.15) is 18.3 Å². The molecule has 0 saturated heterocycles. The number of benzene rings is 1. The summed E-state index contributed by atoms with van der Waals surface area (Å²) in [7, 11) is 1.73. The minimum Gasteiger partial charge on any atom is -0.365 e. The first-order valence-corrected chi connectivity index (χ1v) is 5.45. The molecule has 0 saturated carbocycles. The number of aromatic nitrogens is 2. The zero-order valence-corrected chi connectivity index (χ0v) is 10.0. The van der Waals surface area contributed by atoms with Crippen LogP contribution in [0.2, 0.25) is 0 Å². The van der Waals surface area contributed by atoms with Crippen LogP contribution < -0.4 is 5.32 Å². The Morgan fingerprint density at radius 3 is 2.58 bits per heavy atom. The predicted octanol–water partition coefficient (Wildman–Crippen LogP) is 3.19. The van der Waals surface area contributed by atoms with Crippen molar-refractivity contribution >= 4 is 5.82 Å². The van der Waals surface area contributed by atoms with Crippen LogP contribution in [-0.2, 0) is 19.8 Å². The SMILES string of the molecule is Cn1ccc(NCc2ccc(F)c(C(F)(F)F)c2)n1. The van der Waals surface area contributed by atoms with Gasteiger partial charge in [-0.3, -0.25) is 4.68 Å². The van der Waals surface area contributed by atoms with Crippen molar-refractivity contribution in [3.05, 3.63) is 47.4 Å². The van der Waals surface area contributed by atoms with Crippen LogP contribution in [0, 0.1) is 5.82 Å². The summed E-state index contributed by atoms with van der Waals surface area (Å²) < 4.78 is 52.2. The number of nitrogens with one attached hydrogen (secondary N) is 1. The molecule has 2 aromatic rings. The molecule has 102 valence electrons. The van der Waals surface area contributed by atoms with Gasteiger partial charge in [0.2, 0.25) is 0 Å². The number of rotatable bonds is 3. The van der Waals surface area contributed by atoms with Gasteiger partial charge in [0, 0.05) is 25.9 Å². The minimum atomic E-state index is -4.69. The summed E-state index contributed by atoms with van der Waals surface area (Å²) in [6.07, 6.45) is -2.99. The Hall–Kier alpha value is -2.05. The lowest BCUT2D eigenvalue weighted by atomic mass is 10.1. The van der Waals surface area contributed by atoms with Crippen molar-refractivity contribution in [1.82, 2.24) is 9.78 Å². The molecule has 0 amide bonds. The first kappa shape index (κ1) is 13.4. The lowest BCUT2D eigenvalue weighted by Gasteiger charge is -2.10. The topological polar surface area (TPSA) is 29.9 Å². The predicted molar refractivity (Wildman–Crippen MR) is 61.9 cm³/mol. The molecule has 7 heteroatoms. The maximum Gasteiger partial charge on any atom is 0.419 e. The van der Waals surface area contributed by atoms with Crippen molar-refractivity contribution in [2.45, 2.75) is 12.7 Å². The molecule has 1 N–H and O–H groups in total. The molecule has 1 aromatic heterocycles. The highest BCUT2D eigenvalue weighted by Gasteiger charge is 2.34. The summed E-state index contributed by atoms with van der Waals surface area (Å²) in [6, 6.07) is 4.61. The molecule has 1 aromatic carbocycles. The monoisotopic (exact) mass is 273 g/mol. The molecule has 0 atom stereocenters. The molecule has 0 radical (unpaired) electrons. The van der Waals surface area contributed by atoms with Crippen LogP contribution in [0.25, 0.3) is 0 Å². The molecule has 3 nitrogen and oxygen atoms in total. The van der Waals surface area contributed by atoms with Gasteiger partial charge in [0.15, 0.2) is 0 Å². The second kappa shape index (κ2) is 4.91. The largest absolute Gasteiger partial charge is 0.419 e. The summed E-state index contributed by atoms with van der Waals surface area (Å²) in [5.41, 5.74) is -0.924. The van der Waals surface area contributed by atoms with Gasteiger partial charge < -0.3 is 5.32 Å². The minimum absolute atomic E-state index is 0.139. The standard InChI is InChI=1S/C12H11F4N3/c1-19-5-4-11(18-19)17-7-8-2-3-10(13)9(6-8)12(14,15)16/h2-6H,7H2,1H3,(H,17,18). The van der Waals surface area contributed by atoms with Crippen LogP contribution in [0.3, 0.4) is 0 Å². The fraction of sp³-hybridized carbons (Fsp3) is 0.250. The van der Waals surface area contributed by atoms with E-state index in [0.717, 1.165) is 12.1 Å². The Labute approximate surface area is 106 Å². The van der Waals surface area contributed by atoms with Crippen LogP contribution in [0.4, 0.5) is 23.4 Å². The maximum atomic E-state index is 13.1. The lowest BCUT2D eigenvalue weighted by molar-refractivity contribution is -0.140. The summed E-state index contributed by atoms with van der Waals surface area (Å²) in [5, 5.41) is 6.88. The summed E-state index contributed by atoms with van der Waals surface area (Å²) in [5.74, 6) is -0.727. The number of nitrogens with zero attached hydrogens (tertiary/aromatic N) is 2. The number of aryl methyl sites for hydroxylation is 1. The molecule has 0 fully saturated rings. The molecular formula is C12H11F4N3. The Morgan fingerprint density at radius 1 is 1.26 bits per heavy atom. The van der Waals surface area contributed by atoms with Crippen molar-refractivity contribution in [2.24, 2.45) is 7.05 Å². The van der Waals surface area contributed by atoms with Gasteiger partial charge in [-0.05, 0) is 17.7 Å². The highest BCUT2D eigenvalue weighted by Crippen LogP contribution is 2.31. The van der Waals surface area contributed by atoms with E-state index in [0.29, 0.717) is 11.4 Å². The first-order chi connectivity index (χ1) is 8.86. The highest BCUT2D eigenvalue weighted by atomic mass is 19.4. The Balaban J connectivity index is 2.13. The zero-order valence-electron chi connectivity index (χ0n) is 10.0. The fourth-order valence-corrected chi connectivity index (χ4v) is 1.60. The Kier molecular flexibility index (Phi) is 3.46. The van der Waals surface area contributed by atoms with E-state index in [-0.39, 0.29) is 6.54 Å². The smallest absolute Gasteiger partial charge is 0.365 e. The van der Waals surface area contributed by atoms with E-state index in [9.17, 15) is 17.6 Å². The molecule has 19 heavy (non-hydrogen) atoms. The van der Waals surface area contributed by atoms with Crippen molar-refractivity contribution in [2.75, 3.05) is 5.32 Å². The molecule has 0 spiro atoms. The molecule has 0 aliphatic rings. The second-order valence-corrected chi connectivity index (χ2v) is 4.04. The normalized spacial score (nSPS) is 11.6. The fourth-order valence-electron chi connectivity index (χ4n) is 1.60. The molecule has 0 aliphatic carbocycles. The van der Waals surface area contributed by atoms with Crippen molar-refractivity contribution < 1.29 is 17.6 Å². The number of anilines is 1. The van der Waals surface area contributed by atoms with E-state index in [4.69, 9.17) is 0 Å². The molecule has 2 rings (SSSR count). The van der Waals surface area contributed by atoms with E-state index in [1.165, 1.54) is 6.07 Å². The van der Waals surface area contributed by atoms with Crippen LogP contribution in [0.5, 0.6) is 0 Å². The first-order valence-electron chi connectivity index (χ1n) is 5.45. The third kappa shape index (κ3) is 3.24. The van der Waals surface area contributed by atoms with Gasteiger partial charge in [-0.25, -0.2) is 4.39 Å². The number of hydrogen-bond acceptors (Lipinski definition) is 2. The average Bonchev–Trinajstić information content (AvgIpc) is 2.72. The van der Waals surface area contributed by atoms with Gasteiger partial charge in [-0.1, -0.05) is 6.07 Å². The van der Waals surface area contributed by atoms with Crippen LogP contribution in [0.1, 0.15) is 11.1 Å². The van der Waals surface area contributed by atoms with Gasteiger partial charge in [0.05, 0.1) is 5.56 Å². The van der Waals surface area contributed by atoms with E-state index in [1.54, 1.807) is 24.0 Å². The van der Waals surface area contributed by atoms with Gasteiger partial charge in [0.1, 0.15) is 11.6 Å². The molecular weight excluding hydrogens is 262 g/mol. The molecule has 0 bridgehead atoms. The van der Waals surface area contributed by atoms with Crippen molar-refractivity contribution in [3.63, 3.8) is 0 Å². The summed E-state index contributed by atoms with van der Waals surface area (Å²) in [4.78, 5) is 0. The number of alkyl halides is 3. The summed E-state index contributed by atoms with van der Waals surface area (Å²) in [6.45, 7) is 0.139. The molecule has 0 unspecified atom stereocenters. The average molecular weight is 273 g/mol.